The Morgan fingerprint density at radius 2 is 2.12 bits per heavy atom. The maximum absolute atomic E-state index is 12.2. The van der Waals surface area contributed by atoms with E-state index in [0.29, 0.717) is 38.0 Å². The molecule has 2 saturated heterocycles. The van der Waals surface area contributed by atoms with Crippen molar-refractivity contribution in [3.05, 3.63) is 18.2 Å². The molecule has 1 amide bonds. The topological polar surface area (TPSA) is 136 Å². The van der Waals surface area contributed by atoms with E-state index in [1.54, 1.807) is 11.8 Å². The molecule has 0 aliphatic carbocycles. The highest BCUT2D eigenvalue weighted by Gasteiger charge is 2.49. The quantitative estimate of drug-likeness (QED) is 0.511. The molecule has 0 saturated carbocycles. The maximum Gasteiger partial charge on any atom is 0.290 e. The number of carboxylic acid groups (broad SMARTS) is 1. The molecule has 3 heterocycles. The fraction of sp³-hybridized carbons (Fsp3) is 0.667. The third-order valence-electron chi connectivity index (χ3n) is 4.64. The first-order valence-electron chi connectivity index (χ1n) is 7.73. The Hall–Kier alpha value is -1.97. The number of likely N-dealkylation sites (tertiary alicyclic amines) is 1. The fourth-order valence-corrected chi connectivity index (χ4v) is 3.24. The van der Waals surface area contributed by atoms with Crippen LogP contribution >= 0.6 is 0 Å². The molecule has 1 aromatic heterocycles. The van der Waals surface area contributed by atoms with Gasteiger partial charge in [-0.15, -0.1) is 0 Å². The van der Waals surface area contributed by atoms with Crippen LogP contribution in [0.1, 0.15) is 36.7 Å². The average molecular weight is 341 g/mol. The molecular formula is C15H23N3O6. The number of carbonyl (C=O) groups excluding carboxylic acids is 1. The number of piperidine rings is 1. The number of carbonyl (C=O) groups is 2. The molecule has 2 fully saturated rings. The second-order valence-electron chi connectivity index (χ2n) is 6.41. The Labute approximate surface area is 139 Å². The zero-order chi connectivity index (χ0) is 17.8. The summed E-state index contributed by atoms with van der Waals surface area (Å²) in [5.41, 5.74) is -1.08. The van der Waals surface area contributed by atoms with Gasteiger partial charge in [0.2, 0.25) is 0 Å². The van der Waals surface area contributed by atoms with E-state index < -0.39 is 17.3 Å². The van der Waals surface area contributed by atoms with E-state index in [1.807, 2.05) is 0 Å². The first-order valence-corrected chi connectivity index (χ1v) is 7.73. The first kappa shape index (κ1) is 18.4. The molecule has 2 aliphatic rings. The van der Waals surface area contributed by atoms with Crippen LogP contribution in [0.15, 0.2) is 12.5 Å². The molecule has 0 aromatic carbocycles. The van der Waals surface area contributed by atoms with Crippen LogP contribution in [-0.4, -0.2) is 79.6 Å². The van der Waals surface area contributed by atoms with Crippen LogP contribution in [0.5, 0.6) is 0 Å². The molecule has 0 bridgehead atoms. The summed E-state index contributed by atoms with van der Waals surface area (Å²) in [6.45, 7) is 2.68. The minimum Gasteiger partial charge on any atom is -0.483 e. The molecular weight excluding hydrogens is 318 g/mol. The van der Waals surface area contributed by atoms with E-state index in [2.05, 4.69) is 9.97 Å². The highest BCUT2D eigenvalue weighted by Crippen LogP contribution is 2.39. The molecule has 3 rings (SSSR count). The van der Waals surface area contributed by atoms with E-state index in [1.165, 1.54) is 12.5 Å². The lowest BCUT2D eigenvalue weighted by Crippen LogP contribution is -2.59. The van der Waals surface area contributed by atoms with Gasteiger partial charge in [-0.2, -0.15) is 0 Å². The van der Waals surface area contributed by atoms with Gasteiger partial charge in [0.05, 0.1) is 30.3 Å². The Bertz CT molecular complexity index is 552. The number of imidazole rings is 1. The minimum atomic E-state index is -1.13. The van der Waals surface area contributed by atoms with E-state index in [-0.39, 0.29) is 19.0 Å². The van der Waals surface area contributed by atoms with Crippen molar-refractivity contribution in [1.29, 1.82) is 0 Å². The first-order chi connectivity index (χ1) is 11.3. The third-order valence-corrected chi connectivity index (χ3v) is 4.64. The summed E-state index contributed by atoms with van der Waals surface area (Å²) in [6, 6.07) is 0. The SMILES string of the molecule is C[C@]1(O)CC2(CCN(C(=O)c3cnc[nH]3)CC2)OC[C@@H]1O.O=CO. The summed E-state index contributed by atoms with van der Waals surface area (Å²) >= 11 is 0. The molecule has 2 atom stereocenters. The summed E-state index contributed by atoms with van der Waals surface area (Å²) in [7, 11) is 0. The van der Waals surface area contributed by atoms with Gasteiger partial charge in [-0.25, -0.2) is 4.98 Å². The van der Waals surface area contributed by atoms with Gasteiger partial charge in [-0.05, 0) is 19.8 Å². The molecule has 9 nitrogen and oxygen atoms in total. The number of nitrogens with one attached hydrogen (secondary N) is 1. The predicted molar refractivity (Wildman–Crippen MR) is 82.3 cm³/mol. The van der Waals surface area contributed by atoms with Crippen LogP contribution in [0.25, 0.3) is 0 Å². The summed E-state index contributed by atoms with van der Waals surface area (Å²) in [4.78, 5) is 29.0. The second kappa shape index (κ2) is 7.29. The van der Waals surface area contributed by atoms with Crippen LogP contribution in [0.4, 0.5) is 0 Å². The van der Waals surface area contributed by atoms with Crippen LogP contribution in [0.2, 0.25) is 0 Å². The molecule has 134 valence electrons. The number of rotatable bonds is 1. The van der Waals surface area contributed by atoms with Crippen LogP contribution in [0.3, 0.4) is 0 Å². The lowest BCUT2D eigenvalue weighted by atomic mass is 9.76. The van der Waals surface area contributed by atoms with Crippen molar-refractivity contribution in [2.75, 3.05) is 19.7 Å². The maximum atomic E-state index is 12.2. The highest BCUT2D eigenvalue weighted by molar-refractivity contribution is 5.92. The molecule has 1 spiro atoms. The number of aromatic amines is 1. The van der Waals surface area contributed by atoms with Gasteiger partial charge in [0, 0.05) is 19.5 Å². The van der Waals surface area contributed by atoms with Crippen molar-refractivity contribution in [2.45, 2.75) is 43.5 Å². The number of H-pyrrole nitrogens is 1. The highest BCUT2D eigenvalue weighted by atomic mass is 16.5. The van der Waals surface area contributed by atoms with Gasteiger partial charge < -0.3 is 29.9 Å². The molecule has 2 aliphatic heterocycles. The van der Waals surface area contributed by atoms with Gasteiger partial charge in [0.15, 0.2) is 0 Å². The van der Waals surface area contributed by atoms with E-state index in [4.69, 9.17) is 14.6 Å². The second-order valence-corrected chi connectivity index (χ2v) is 6.41. The molecule has 9 heteroatoms. The van der Waals surface area contributed by atoms with Crippen molar-refractivity contribution < 1.29 is 29.6 Å². The molecule has 24 heavy (non-hydrogen) atoms. The van der Waals surface area contributed by atoms with Crippen molar-refractivity contribution in [2.24, 2.45) is 0 Å². The smallest absolute Gasteiger partial charge is 0.290 e. The number of hydrogen-bond donors (Lipinski definition) is 4. The van der Waals surface area contributed by atoms with Gasteiger partial charge in [0.25, 0.3) is 12.4 Å². The lowest BCUT2D eigenvalue weighted by Gasteiger charge is -2.49. The zero-order valence-electron chi connectivity index (χ0n) is 13.5. The van der Waals surface area contributed by atoms with E-state index in [0.717, 1.165) is 0 Å². The Morgan fingerprint density at radius 3 is 2.62 bits per heavy atom. The molecule has 0 unspecified atom stereocenters. The molecule has 1 aromatic rings. The number of amides is 1. The van der Waals surface area contributed by atoms with Crippen molar-refractivity contribution in [3.8, 4) is 0 Å². The van der Waals surface area contributed by atoms with Gasteiger partial charge in [-0.1, -0.05) is 0 Å². The summed E-state index contributed by atoms with van der Waals surface area (Å²) in [5.74, 6) is -0.0649. The fourth-order valence-electron chi connectivity index (χ4n) is 3.24. The minimum absolute atomic E-state index is 0.0649. The van der Waals surface area contributed by atoms with E-state index >= 15 is 0 Å². The van der Waals surface area contributed by atoms with Crippen molar-refractivity contribution >= 4 is 12.4 Å². The Balaban J connectivity index is 0.000000647. The van der Waals surface area contributed by atoms with E-state index in [9.17, 15) is 15.0 Å². The van der Waals surface area contributed by atoms with Gasteiger partial charge in [-0.3, -0.25) is 9.59 Å². The number of aromatic nitrogens is 2. The Morgan fingerprint density at radius 1 is 1.50 bits per heavy atom. The Kier molecular flexibility index (Phi) is 5.58. The number of aliphatic hydroxyl groups excluding tert-OH is 1. The third kappa shape index (κ3) is 3.92. The number of aliphatic hydroxyl groups is 2. The van der Waals surface area contributed by atoms with Gasteiger partial charge in [0.1, 0.15) is 11.8 Å². The summed E-state index contributed by atoms with van der Waals surface area (Å²) in [6.07, 6.45) is 3.87. The van der Waals surface area contributed by atoms with Crippen molar-refractivity contribution in [1.82, 2.24) is 14.9 Å². The number of ether oxygens (including phenoxy) is 1. The van der Waals surface area contributed by atoms with Gasteiger partial charge >= 0.3 is 0 Å². The lowest BCUT2D eigenvalue weighted by molar-refractivity contribution is -0.221. The standard InChI is InChI=1S/C14H21N3O4.CH2O2/c1-13(20)8-14(21-7-11(13)18)2-4-17(5-3-14)12(19)10-6-15-9-16-10;2-1-3/h6,9,11,18,20H,2-5,7-8H2,1H3,(H,15,16);1H,(H,2,3)/t11-,13-;/m0./s1. The van der Waals surface area contributed by atoms with Crippen LogP contribution in [0, 0.1) is 0 Å². The predicted octanol–water partition coefficient (Wildman–Crippen LogP) is -0.382. The normalized spacial score (nSPS) is 28.8. The average Bonchev–Trinajstić information content (AvgIpc) is 3.06. The van der Waals surface area contributed by atoms with Crippen LogP contribution < -0.4 is 0 Å². The van der Waals surface area contributed by atoms with Crippen LogP contribution in [-0.2, 0) is 9.53 Å². The number of hydrogen-bond acceptors (Lipinski definition) is 6. The molecule has 4 N–H and O–H groups in total. The summed E-state index contributed by atoms with van der Waals surface area (Å²) < 4.78 is 5.80. The molecule has 0 radical (unpaired) electrons. The van der Waals surface area contributed by atoms with Crippen molar-refractivity contribution in [3.63, 3.8) is 0 Å². The monoisotopic (exact) mass is 341 g/mol. The summed E-state index contributed by atoms with van der Waals surface area (Å²) in [5, 5.41) is 26.9. The number of nitrogens with zero attached hydrogens (tertiary/aromatic N) is 2. The zero-order valence-corrected chi connectivity index (χ0v) is 13.5. The largest absolute Gasteiger partial charge is 0.483 e.